The molecule has 1 N–H and O–H groups in total. The van der Waals surface area contributed by atoms with Gasteiger partial charge in [-0.3, -0.25) is 14.6 Å². The van der Waals surface area contributed by atoms with Crippen LogP contribution in [0.2, 0.25) is 0 Å². The van der Waals surface area contributed by atoms with Crippen LogP contribution in [0.4, 0.5) is 4.79 Å². The van der Waals surface area contributed by atoms with Gasteiger partial charge in [0.15, 0.2) is 0 Å². The summed E-state index contributed by atoms with van der Waals surface area (Å²) in [6.07, 6.45) is 6.97. The Morgan fingerprint density at radius 2 is 2.00 bits per heavy atom. The number of aryl methyl sites for hydroxylation is 1. The number of nitrogens with one attached hydrogen (secondary N) is 1. The van der Waals surface area contributed by atoms with Gasteiger partial charge >= 0.3 is 6.03 Å². The molecule has 2 fully saturated rings. The highest BCUT2D eigenvalue weighted by atomic mass is 16.2. The second-order valence-corrected chi connectivity index (χ2v) is 7.03. The summed E-state index contributed by atoms with van der Waals surface area (Å²) < 4.78 is 2.30. The summed E-state index contributed by atoms with van der Waals surface area (Å²) in [5.41, 5.74) is 2.68. The number of hydrogen-bond acceptors (Lipinski definition) is 4. The van der Waals surface area contributed by atoms with Gasteiger partial charge in [-0.15, -0.1) is 0 Å². The minimum atomic E-state index is -0.261. The quantitative estimate of drug-likeness (QED) is 0.835. The fraction of sp³-hybridized carbons (Fsp3) is 0.706. The Kier molecular flexibility index (Phi) is 4.04. The molecule has 0 unspecified atom stereocenters. The molecule has 3 aliphatic rings. The van der Waals surface area contributed by atoms with E-state index in [-0.39, 0.29) is 18.5 Å². The molecule has 7 nitrogen and oxygen atoms in total. The Hall–Kier alpha value is -1.89. The van der Waals surface area contributed by atoms with Crippen molar-refractivity contribution in [3.63, 3.8) is 0 Å². The Labute approximate surface area is 142 Å². The Morgan fingerprint density at radius 3 is 2.75 bits per heavy atom. The maximum atomic E-state index is 11.7. The zero-order chi connectivity index (χ0) is 16.7. The van der Waals surface area contributed by atoms with Crippen molar-refractivity contribution in [1.82, 2.24) is 24.7 Å². The molecule has 0 saturated carbocycles. The molecule has 2 saturated heterocycles. The molecule has 24 heavy (non-hydrogen) atoms. The minimum Gasteiger partial charge on any atom is -0.334 e. The summed E-state index contributed by atoms with van der Waals surface area (Å²) in [4.78, 5) is 32.1. The van der Waals surface area contributed by atoms with Crippen LogP contribution < -0.4 is 5.32 Å². The van der Waals surface area contributed by atoms with Crippen LogP contribution in [0.25, 0.3) is 0 Å². The molecule has 3 heterocycles. The fourth-order valence-electron chi connectivity index (χ4n) is 4.30. The maximum Gasteiger partial charge on any atom is 0.324 e. The van der Waals surface area contributed by atoms with Gasteiger partial charge in [-0.05, 0) is 45.1 Å². The topological polar surface area (TPSA) is 70.5 Å². The second-order valence-electron chi connectivity index (χ2n) is 7.03. The third kappa shape index (κ3) is 2.60. The minimum absolute atomic E-state index is 0.122. The lowest BCUT2D eigenvalue weighted by Crippen LogP contribution is -2.39. The van der Waals surface area contributed by atoms with E-state index in [4.69, 9.17) is 4.98 Å². The highest BCUT2D eigenvalue weighted by Crippen LogP contribution is 2.33. The number of carbonyl (C=O) groups is 2. The van der Waals surface area contributed by atoms with Crippen molar-refractivity contribution < 1.29 is 9.59 Å². The molecule has 0 radical (unpaired) electrons. The lowest BCUT2D eigenvalue weighted by atomic mass is 10.0. The van der Waals surface area contributed by atoms with Gasteiger partial charge in [0, 0.05) is 25.8 Å². The average Bonchev–Trinajstić information content (AvgIpc) is 3.25. The molecular weight excluding hydrogens is 306 g/mol. The van der Waals surface area contributed by atoms with Crippen molar-refractivity contribution in [3.8, 4) is 0 Å². The van der Waals surface area contributed by atoms with Crippen molar-refractivity contribution in [2.75, 3.05) is 26.2 Å². The SMILES string of the molecule is Cn1c([C@H]2CCCN2CCN2C(=O)CNC2=O)nc2c1CCCC2. The molecule has 130 valence electrons. The van der Waals surface area contributed by atoms with Crippen molar-refractivity contribution >= 4 is 11.9 Å². The molecule has 0 aromatic carbocycles. The highest BCUT2D eigenvalue weighted by molar-refractivity contribution is 6.01. The van der Waals surface area contributed by atoms with Gasteiger partial charge in [-0.2, -0.15) is 0 Å². The number of urea groups is 1. The second kappa shape index (κ2) is 6.20. The summed E-state index contributed by atoms with van der Waals surface area (Å²) in [6, 6.07) is 0.0459. The van der Waals surface area contributed by atoms with Gasteiger partial charge in [0.2, 0.25) is 5.91 Å². The maximum absolute atomic E-state index is 11.7. The largest absolute Gasteiger partial charge is 0.334 e. The molecule has 0 bridgehead atoms. The van der Waals surface area contributed by atoms with E-state index in [0.717, 1.165) is 44.6 Å². The van der Waals surface area contributed by atoms with Crippen LogP contribution in [0.3, 0.4) is 0 Å². The van der Waals surface area contributed by atoms with Crippen molar-refractivity contribution in [2.45, 2.75) is 44.6 Å². The predicted molar refractivity (Wildman–Crippen MR) is 88.5 cm³/mol. The van der Waals surface area contributed by atoms with E-state index in [2.05, 4.69) is 21.8 Å². The standard InChI is InChI=1S/C17H25N5O2/c1-20-13-6-3-2-5-12(13)19-16(20)14-7-4-8-21(14)9-10-22-15(23)11-18-17(22)24/h14H,2-11H2,1H3,(H,18,24)/t14-/m1/s1. The van der Waals surface area contributed by atoms with Crippen LogP contribution in [0, 0.1) is 0 Å². The lowest BCUT2D eigenvalue weighted by Gasteiger charge is -2.26. The summed E-state index contributed by atoms with van der Waals surface area (Å²) >= 11 is 0. The van der Waals surface area contributed by atoms with Gasteiger partial charge in [0.25, 0.3) is 0 Å². The van der Waals surface area contributed by atoms with E-state index in [1.807, 2.05) is 0 Å². The first kappa shape index (κ1) is 15.6. The number of likely N-dealkylation sites (tertiary alicyclic amines) is 1. The highest BCUT2D eigenvalue weighted by Gasteiger charge is 2.33. The van der Waals surface area contributed by atoms with E-state index in [9.17, 15) is 9.59 Å². The number of imide groups is 1. The molecule has 1 aliphatic carbocycles. The number of fused-ring (bicyclic) bond motifs is 1. The van der Waals surface area contributed by atoms with Gasteiger partial charge in [-0.25, -0.2) is 9.78 Å². The Bertz CT molecular complexity index is 652. The predicted octanol–water partition coefficient (Wildman–Crippen LogP) is 0.988. The number of carbonyl (C=O) groups excluding carboxylic acids is 2. The van der Waals surface area contributed by atoms with E-state index < -0.39 is 0 Å². The van der Waals surface area contributed by atoms with Crippen molar-refractivity contribution in [3.05, 3.63) is 17.2 Å². The molecule has 3 amide bonds. The smallest absolute Gasteiger partial charge is 0.324 e. The normalized spacial score (nSPS) is 24.5. The number of amides is 3. The van der Waals surface area contributed by atoms with Gasteiger partial charge in [0.05, 0.1) is 18.3 Å². The number of hydrogen-bond donors (Lipinski definition) is 1. The molecular formula is C17H25N5O2. The van der Waals surface area contributed by atoms with Crippen molar-refractivity contribution in [2.24, 2.45) is 7.05 Å². The van der Waals surface area contributed by atoms with Gasteiger partial charge in [0.1, 0.15) is 5.82 Å². The molecule has 4 rings (SSSR count). The van der Waals surface area contributed by atoms with Crippen LogP contribution in [0.15, 0.2) is 0 Å². The monoisotopic (exact) mass is 331 g/mol. The number of nitrogens with zero attached hydrogens (tertiary/aromatic N) is 4. The zero-order valence-electron chi connectivity index (χ0n) is 14.3. The summed E-state index contributed by atoms with van der Waals surface area (Å²) in [5.74, 6) is 1.04. The van der Waals surface area contributed by atoms with Crippen LogP contribution in [-0.4, -0.2) is 57.5 Å². The lowest BCUT2D eigenvalue weighted by molar-refractivity contribution is -0.125. The third-order valence-corrected chi connectivity index (χ3v) is 5.62. The van der Waals surface area contributed by atoms with E-state index in [1.165, 1.54) is 29.1 Å². The Balaban J connectivity index is 1.48. The summed E-state index contributed by atoms with van der Waals surface area (Å²) in [6.45, 7) is 2.33. The number of imidazole rings is 1. The van der Waals surface area contributed by atoms with E-state index in [0.29, 0.717) is 12.6 Å². The Morgan fingerprint density at radius 1 is 1.17 bits per heavy atom. The summed E-state index contributed by atoms with van der Waals surface area (Å²) in [7, 11) is 2.14. The zero-order valence-corrected chi connectivity index (χ0v) is 14.3. The van der Waals surface area contributed by atoms with E-state index in [1.54, 1.807) is 0 Å². The molecule has 1 aromatic rings. The average molecular weight is 331 g/mol. The first-order valence-corrected chi connectivity index (χ1v) is 9.02. The summed E-state index contributed by atoms with van der Waals surface area (Å²) in [5, 5.41) is 2.58. The van der Waals surface area contributed by atoms with Gasteiger partial charge < -0.3 is 9.88 Å². The molecule has 0 spiro atoms. The van der Waals surface area contributed by atoms with E-state index >= 15 is 0 Å². The van der Waals surface area contributed by atoms with Crippen LogP contribution in [-0.2, 0) is 24.7 Å². The molecule has 1 aromatic heterocycles. The molecule has 2 aliphatic heterocycles. The number of aromatic nitrogens is 2. The van der Waals surface area contributed by atoms with Gasteiger partial charge in [-0.1, -0.05) is 0 Å². The molecule has 7 heteroatoms. The first-order valence-electron chi connectivity index (χ1n) is 9.02. The molecule has 1 atom stereocenters. The van der Waals surface area contributed by atoms with Crippen LogP contribution >= 0.6 is 0 Å². The first-order chi connectivity index (χ1) is 11.6. The van der Waals surface area contributed by atoms with Crippen LogP contribution in [0.5, 0.6) is 0 Å². The van der Waals surface area contributed by atoms with Crippen LogP contribution in [0.1, 0.15) is 48.9 Å². The van der Waals surface area contributed by atoms with Crippen molar-refractivity contribution in [1.29, 1.82) is 0 Å². The third-order valence-electron chi connectivity index (χ3n) is 5.62. The number of rotatable bonds is 4. The fourth-order valence-corrected chi connectivity index (χ4v) is 4.30.